The Morgan fingerprint density at radius 2 is 2.25 bits per heavy atom. The normalized spacial score (nSPS) is 14.9. The van der Waals surface area contributed by atoms with Gasteiger partial charge in [-0.05, 0) is 35.7 Å². The minimum atomic E-state index is -0.0636. The number of rotatable bonds is 4. The van der Waals surface area contributed by atoms with Gasteiger partial charge in [-0.15, -0.1) is 0 Å². The Labute approximate surface area is 127 Å². The lowest BCUT2D eigenvalue weighted by Gasteiger charge is -2.14. The number of ether oxygens (including phenoxy) is 1. The van der Waals surface area contributed by atoms with Crippen LogP contribution in [-0.2, 0) is 19.3 Å². The van der Waals surface area contributed by atoms with Crippen molar-refractivity contribution in [3.05, 3.63) is 51.4 Å². The van der Waals surface area contributed by atoms with Crippen LogP contribution in [0.1, 0.15) is 35.4 Å². The highest BCUT2D eigenvalue weighted by molar-refractivity contribution is 9.10. The van der Waals surface area contributed by atoms with Gasteiger partial charge in [-0.2, -0.15) is 0 Å². The number of fused-ring (bicyclic) bond motifs is 1. The van der Waals surface area contributed by atoms with Crippen LogP contribution >= 0.6 is 15.9 Å². The van der Waals surface area contributed by atoms with Gasteiger partial charge in [-0.3, -0.25) is 0 Å². The molecule has 2 N–H and O–H groups in total. The van der Waals surface area contributed by atoms with E-state index in [2.05, 4.69) is 35.0 Å². The van der Waals surface area contributed by atoms with Crippen molar-refractivity contribution < 1.29 is 9.15 Å². The van der Waals surface area contributed by atoms with E-state index >= 15 is 0 Å². The number of halogens is 1. The first-order valence-corrected chi connectivity index (χ1v) is 7.74. The molecule has 0 saturated carbocycles. The molecule has 1 aromatic carbocycles. The maximum Gasteiger partial charge on any atom is 0.125 e. The van der Waals surface area contributed by atoms with Crippen LogP contribution in [0.2, 0.25) is 0 Å². The monoisotopic (exact) mass is 335 g/mol. The highest BCUT2D eigenvalue weighted by Crippen LogP contribution is 2.35. The van der Waals surface area contributed by atoms with Crippen LogP contribution in [0.5, 0.6) is 5.75 Å². The second-order valence-electron chi connectivity index (χ2n) is 5.11. The summed E-state index contributed by atoms with van der Waals surface area (Å²) in [5.74, 6) is 2.00. The van der Waals surface area contributed by atoms with E-state index < -0.39 is 0 Å². The minimum absolute atomic E-state index is 0.0636. The van der Waals surface area contributed by atoms with Crippen LogP contribution < -0.4 is 10.5 Å². The summed E-state index contributed by atoms with van der Waals surface area (Å²) >= 11 is 3.57. The molecule has 2 aromatic rings. The molecule has 0 fully saturated rings. The van der Waals surface area contributed by atoms with Crippen molar-refractivity contribution in [2.45, 2.75) is 32.2 Å². The topological polar surface area (TPSA) is 48.4 Å². The molecule has 0 aliphatic carbocycles. The smallest absolute Gasteiger partial charge is 0.125 e. The molecule has 0 amide bonds. The zero-order valence-corrected chi connectivity index (χ0v) is 13.1. The Kier molecular flexibility index (Phi) is 3.85. The van der Waals surface area contributed by atoms with E-state index in [0.29, 0.717) is 0 Å². The van der Waals surface area contributed by atoms with Crippen LogP contribution in [0.3, 0.4) is 0 Å². The number of furan rings is 1. The molecule has 0 bridgehead atoms. The molecule has 1 aromatic heterocycles. The molecule has 106 valence electrons. The molecule has 0 radical (unpaired) electrons. The largest absolute Gasteiger partial charge is 0.493 e. The van der Waals surface area contributed by atoms with Crippen molar-refractivity contribution >= 4 is 15.9 Å². The van der Waals surface area contributed by atoms with Gasteiger partial charge in [0.1, 0.15) is 11.5 Å². The zero-order valence-electron chi connectivity index (χ0n) is 11.5. The molecule has 1 aliphatic heterocycles. The van der Waals surface area contributed by atoms with E-state index in [0.717, 1.165) is 47.4 Å². The van der Waals surface area contributed by atoms with E-state index in [1.807, 2.05) is 6.07 Å². The number of hydrogen-bond donors (Lipinski definition) is 1. The van der Waals surface area contributed by atoms with Crippen molar-refractivity contribution in [1.82, 2.24) is 0 Å². The number of hydrogen-bond acceptors (Lipinski definition) is 3. The molecule has 3 nitrogen and oxygen atoms in total. The van der Waals surface area contributed by atoms with Gasteiger partial charge >= 0.3 is 0 Å². The summed E-state index contributed by atoms with van der Waals surface area (Å²) in [5.41, 5.74) is 9.89. The van der Waals surface area contributed by atoms with Crippen molar-refractivity contribution in [3.63, 3.8) is 0 Å². The maximum absolute atomic E-state index is 6.36. The zero-order chi connectivity index (χ0) is 14.1. The third-order valence-corrected chi connectivity index (χ3v) is 4.22. The molecule has 1 unspecified atom stereocenters. The first-order chi connectivity index (χ1) is 9.69. The lowest BCUT2D eigenvalue weighted by molar-refractivity contribution is 0.352. The molecule has 1 aliphatic rings. The summed E-state index contributed by atoms with van der Waals surface area (Å²) in [7, 11) is 0. The quantitative estimate of drug-likeness (QED) is 0.924. The van der Waals surface area contributed by atoms with E-state index in [1.165, 1.54) is 11.1 Å². The molecular formula is C16H18BrNO2. The molecule has 20 heavy (non-hydrogen) atoms. The van der Waals surface area contributed by atoms with Gasteiger partial charge in [0.2, 0.25) is 0 Å². The van der Waals surface area contributed by atoms with Gasteiger partial charge in [0.15, 0.2) is 0 Å². The maximum atomic E-state index is 6.36. The van der Waals surface area contributed by atoms with Gasteiger partial charge in [0.25, 0.3) is 0 Å². The fourth-order valence-electron chi connectivity index (χ4n) is 2.81. The Hall–Kier alpha value is -1.26. The van der Waals surface area contributed by atoms with Crippen LogP contribution in [0.25, 0.3) is 0 Å². The van der Waals surface area contributed by atoms with E-state index in [-0.39, 0.29) is 6.04 Å². The third kappa shape index (κ3) is 2.50. The van der Waals surface area contributed by atoms with E-state index in [4.69, 9.17) is 14.9 Å². The molecule has 4 heteroatoms. The van der Waals surface area contributed by atoms with Crippen molar-refractivity contribution in [1.29, 1.82) is 0 Å². The molecule has 2 heterocycles. The Morgan fingerprint density at radius 3 is 3.05 bits per heavy atom. The van der Waals surface area contributed by atoms with Crippen molar-refractivity contribution in [2.24, 2.45) is 5.73 Å². The molecule has 3 rings (SSSR count). The lowest BCUT2D eigenvalue weighted by Crippen LogP contribution is -2.14. The molecule has 1 atom stereocenters. The van der Waals surface area contributed by atoms with Gasteiger partial charge in [0.05, 0.1) is 12.9 Å². The highest BCUT2D eigenvalue weighted by atomic mass is 79.9. The molecule has 0 saturated heterocycles. The number of nitrogens with two attached hydrogens (primary N) is 1. The average Bonchev–Trinajstić information content (AvgIpc) is 3.06. The summed E-state index contributed by atoms with van der Waals surface area (Å²) in [6.07, 6.45) is 4.32. The van der Waals surface area contributed by atoms with E-state index in [1.54, 1.807) is 6.26 Å². The fraction of sp³-hybridized carbons (Fsp3) is 0.375. The minimum Gasteiger partial charge on any atom is -0.493 e. The second kappa shape index (κ2) is 5.62. The van der Waals surface area contributed by atoms with E-state index in [9.17, 15) is 0 Å². The predicted octanol–water partition coefficient (Wildman–Crippen LogP) is 3.78. The summed E-state index contributed by atoms with van der Waals surface area (Å²) in [6.45, 7) is 2.84. The number of aryl methyl sites for hydroxylation is 1. The Morgan fingerprint density at radius 1 is 1.40 bits per heavy atom. The Bertz CT molecular complexity index is 621. The highest BCUT2D eigenvalue weighted by Gasteiger charge is 2.21. The van der Waals surface area contributed by atoms with Crippen LogP contribution in [0.15, 0.2) is 33.4 Å². The van der Waals surface area contributed by atoms with Gasteiger partial charge in [-0.25, -0.2) is 0 Å². The van der Waals surface area contributed by atoms with Crippen molar-refractivity contribution in [2.75, 3.05) is 6.61 Å². The number of benzene rings is 1. The van der Waals surface area contributed by atoms with Crippen LogP contribution in [0, 0.1) is 0 Å². The first kappa shape index (κ1) is 13.7. The molecule has 0 spiro atoms. The fourth-order valence-corrected chi connectivity index (χ4v) is 3.37. The predicted molar refractivity (Wildman–Crippen MR) is 82.1 cm³/mol. The van der Waals surface area contributed by atoms with Gasteiger partial charge in [-0.1, -0.05) is 22.9 Å². The summed E-state index contributed by atoms with van der Waals surface area (Å²) in [5, 5.41) is 0. The third-order valence-electron chi connectivity index (χ3n) is 3.77. The van der Waals surface area contributed by atoms with Crippen molar-refractivity contribution in [3.8, 4) is 5.75 Å². The molecular weight excluding hydrogens is 318 g/mol. The second-order valence-corrected chi connectivity index (χ2v) is 6.03. The van der Waals surface area contributed by atoms with Gasteiger partial charge < -0.3 is 14.9 Å². The van der Waals surface area contributed by atoms with Gasteiger partial charge in [0, 0.05) is 28.9 Å². The summed E-state index contributed by atoms with van der Waals surface area (Å²) < 4.78 is 12.3. The summed E-state index contributed by atoms with van der Waals surface area (Å²) in [6, 6.07) is 6.15. The Balaban J connectivity index is 1.88. The summed E-state index contributed by atoms with van der Waals surface area (Å²) in [4.78, 5) is 0. The SMILES string of the molecule is CCc1occc1C(N)Cc1cc(Br)cc2c1OCC2. The lowest BCUT2D eigenvalue weighted by atomic mass is 9.97. The van der Waals surface area contributed by atoms with Crippen LogP contribution in [0.4, 0.5) is 0 Å². The van der Waals surface area contributed by atoms with Crippen LogP contribution in [-0.4, -0.2) is 6.61 Å². The first-order valence-electron chi connectivity index (χ1n) is 6.95. The standard InChI is InChI=1S/C16H18BrNO2/c1-2-15-13(4-6-19-15)14(18)9-11-8-12(17)7-10-3-5-20-16(10)11/h4,6-8,14H,2-3,5,9,18H2,1H3. The average molecular weight is 336 g/mol.